The highest BCUT2D eigenvalue weighted by Crippen LogP contribution is 2.20. The Balaban J connectivity index is 2.09. The van der Waals surface area contributed by atoms with Crippen molar-refractivity contribution in [2.75, 3.05) is 5.75 Å². The molecule has 6 nitrogen and oxygen atoms in total. The molecule has 0 bridgehead atoms. The molecule has 0 radical (unpaired) electrons. The van der Waals surface area contributed by atoms with Crippen LogP contribution >= 0.6 is 11.8 Å². The van der Waals surface area contributed by atoms with Crippen molar-refractivity contribution in [3.63, 3.8) is 0 Å². The quantitative estimate of drug-likeness (QED) is 0.812. The number of para-hydroxylation sites is 1. The number of nitrogens with two attached hydrogens (primary N) is 1. The maximum Gasteiger partial charge on any atom is 0.196 e. The van der Waals surface area contributed by atoms with Gasteiger partial charge in [0, 0.05) is 11.4 Å². The Labute approximate surface area is 126 Å². The lowest BCUT2D eigenvalue weighted by molar-refractivity contribution is -0.117. The van der Waals surface area contributed by atoms with Gasteiger partial charge in [0.15, 0.2) is 10.9 Å². The minimum atomic E-state index is -0.981. The van der Waals surface area contributed by atoms with Crippen LogP contribution in [0, 0.1) is 17.2 Å². The number of thioether (sulfide) groups is 1. The molecule has 106 valence electrons. The first kappa shape index (κ1) is 14.8. The largest absolute Gasteiger partial charge is 0.401 e. The summed E-state index contributed by atoms with van der Waals surface area (Å²) in [7, 11) is 0. The zero-order valence-corrected chi connectivity index (χ0v) is 12.0. The molecule has 0 spiro atoms. The molecule has 0 saturated carbocycles. The molecule has 21 heavy (non-hydrogen) atoms. The van der Waals surface area contributed by atoms with Crippen molar-refractivity contribution < 1.29 is 4.79 Å². The van der Waals surface area contributed by atoms with Crippen LogP contribution in [0.25, 0.3) is 5.69 Å². The van der Waals surface area contributed by atoms with E-state index in [1.807, 2.05) is 36.4 Å². The third kappa shape index (κ3) is 3.49. The van der Waals surface area contributed by atoms with Crippen molar-refractivity contribution in [3.8, 4) is 11.8 Å². The van der Waals surface area contributed by atoms with E-state index < -0.39 is 5.92 Å². The first-order valence-electron chi connectivity index (χ1n) is 6.08. The number of carbonyl (C=O) groups excluding carboxylic acids is 1. The summed E-state index contributed by atoms with van der Waals surface area (Å²) in [6.45, 7) is 3.45. The minimum Gasteiger partial charge on any atom is -0.401 e. The van der Waals surface area contributed by atoms with Gasteiger partial charge in [-0.05, 0) is 12.1 Å². The first-order chi connectivity index (χ1) is 10.1. The van der Waals surface area contributed by atoms with Crippen LogP contribution in [0.1, 0.15) is 0 Å². The Morgan fingerprint density at radius 2 is 2.19 bits per heavy atom. The molecule has 0 amide bonds. The summed E-state index contributed by atoms with van der Waals surface area (Å²) in [5.41, 5.74) is 6.40. The van der Waals surface area contributed by atoms with E-state index in [0.717, 1.165) is 5.69 Å². The predicted octanol–water partition coefficient (Wildman–Crippen LogP) is 1.54. The summed E-state index contributed by atoms with van der Waals surface area (Å²) in [5.74, 6) is -1.19. The fourth-order valence-electron chi connectivity index (χ4n) is 1.67. The fourth-order valence-corrected chi connectivity index (χ4v) is 2.50. The smallest absolute Gasteiger partial charge is 0.196 e. The minimum absolute atomic E-state index is 0.0626. The van der Waals surface area contributed by atoms with Crippen LogP contribution in [-0.4, -0.2) is 26.3 Å². The number of benzene rings is 1. The van der Waals surface area contributed by atoms with Crippen molar-refractivity contribution >= 4 is 17.5 Å². The monoisotopic (exact) mass is 299 g/mol. The van der Waals surface area contributed by atoms with E-state index in [0.29, 0.717) is 5.16 Å². The van der Waals surface area contributed by atoms with Crippen LogP contribution in [-0.2, 0) is 4.79 Å². The number of allylic oxidation sites excluding steroid dienone is 1. The molecule has 1 aromatic carbocycles. The number of hydrogen-bond acceptors (Lipinski definition) is 6. The number of nitrogens with zero attached hydrogens (tertiary/aromatic N) is 4. The Morgan fingerprint density at radius 3 is 2.81 bits per heavy atom. The van der Waals surface area contributed by atoms with Gasteiger partial charge in [0.1, 0.15) is 12.2 Å². The molecule has 0 aliphatic heterocycles. The first-order valence-corrected chi connectivity index (χ1v) is 7.07. The Bertz CT molecular complexity index is 689. The third-order valence-corrected chi connectivity index (χ3v) is 3.68. The second-order valence-corrected chi connectivity index (χ2v) is 5.15. The Hall–Kier alpha value is -2.59. The maximum atomic E-state index is 11.9. The molecule has 0 saturated heterocycles. The van der Waals surface area contributed by atoms with Crippen molar-refractivity contribution in [2.45, 2.75) is 5.16 Å². The predicted molar refractivity (Wildman–Crippen MR) is 79.5 cm³/mol. The van der Waals surface area contributed by atoms with Crippen molar-refractivity contribution in [2.24, 2.45) is 11.7 Å². The van der Waals surface area contributed by atoms with Crippen LogP contribution in [0.2, 0.25) is 0 Å². The molecule has 2 aromatic rings. The summed E-state index contributed by atoms with van der Waals surface area (Å²) in [5, 5.41) is 17.3. The lowest BCUT2D eigenvalue weighted by atomic mass is 10.1. The molecule has 1 atom stereocenters. The summed E-state index contributed by atoms with van der Waals surface area (Å²) < 4.78 is 1.77. The highest BCUT2D eigenvalue weighted by atomic mass is 32.2. The zero-order chi connectivity index (χ0) is 15.2. The van der Waals surface area contributed by atoms with Gasteiger partial charge >= 0.3 is 0 Å². The van der Waals surface area contributed by atoms with Crippen LogP contribution < -0.4 is 5.73 Å². The van der Waals surface area contributed by atoms with Gasteiger partial charge in [-0.2, -0.15) is 5.26 Å². The van der Waals surface area contributed by atoms with Crippen molar-refractivity contribution in [3.05, 3.63) is 48.9 Å². The second-order valence-electron chi connectivity index (χ2n) is 4.21. The molecule has 0 unspecified atom stereocenters. The highest BCUT2D eigenvalue weighted by molar-refractivity contribution is 7.99. The number of nitriles is 1. The summed E-state index contributed by atoms with van der Waals surface area (Å²) in [6.07, 6.45) is 1.58. The van der Waals surface area contributed by atoms with E-state index in [1.54, 1.807) is 10.9 Å². The van der Waals surface area contributed by atoms with E-state index in [4.69, 9.17) is 11.0 Å². The van der Waals surface area contributed by atoms with Crippen LogP contribution in [0.5, 0.6) is 0 Å². The standard InChI is InChI=1S/C14H13N5OS/c1-10(16)12(7-15)13(20)8-21-14-18-17-9-19(14)11-5-3-2-4-6-11/h2-6,9,12H,1,8,16H2/t12-/m0/s1. The highest BCUT2D eigenvalue weighted by Gasteiger charge is 2.20. The number of hydrogen-bond donors (Lipinski definition) is 1. The molecule has 1 heterocycles. The number of carbonyl (C=O) groups is 1. The molecule has 1 aromatic heterocycles. The van der Waals surface area contributed by atoms with Gasteiger partial charge in [-0.1, -0.05) is 36.5 Å². The number of ketones is 1. The maximum absolute atomic E-state index is 11.9. The Morgan fingerprint density at radius 1 is 1.48 bits per heavy atom. The topological polar surface area (TPSA) is 97.6 Å². The van der Waals surface area contributed by atoms with Gasteiger partial charge in [-0.25, -0.2) is 0 Å². The third-order valence-electron chi connectivity index (χ3n) is 2.72. The second kappa shape index (κ2) is 6.72. The zero-order valence-electron chi connectivity index (χ0n) is 11.1. The number of aromatic nitrogens is 3. The summed E-state index contributed by atoms with van der Waals surface area (Å²) >= 11 is 1.21. The fraction of sp³-hybridized carbons (Fsp3) is 0.143. The average Bonchev–Trinajstić information content (AvgIpc) is 2.95. The number of Topliss-reactive ketones (excluding diaryl/α,β-unsaturated/α-hetero) is 1. The molecule has 0 fully saturated rings. The normalized spacial score (nSPS) is 11.6. The van der Waals surface area contributed by atoms with Gasteiger partial charge in [0.05, 0.1) is 11.8 Å². The van der Waals surface area contributed by atoms with Crippen LogP contribution in [0.3, 0.4) is 0 Å². The lowest BCUT2D eigenvalue weighted by Crippen LogP contribution is -2.21. The van der Waals surface area contributed by atoms with Crippen LogP contribution in [0.15, 0.2) is 54.1 Å². The Kier molecular flexibility index (Phi) is 4.74. The summed E-state index contributed by atoms with van der Waals surface area (Å²) in [4.78, 5) is 11.9. The molecule has 2 rings (SSSR count). The van der Waals surface area contributed by atoms with E-state index in [2.05, 4.69) is 16.8 Å². The molecule has 2 N–H and O–H groups in total. The molecule has 0 aliphatic carbocycles. The van der Waals surface area contributed by atoms with Gasteiger partial charge in [-0.3, -0.25) is 9.36 Å². The van der Waals surface area contributed by atoms with Gasteiger partial charge < -0.3 is 5.73 Å². The van der Waals surface area contributed by atoms with Gasteiger partial charge in [0.2, 0.25) is 0 Å². The molecule has 7 heteroatoms. The summed E-state index contributed by atoms with van der Waals surface area (Å²) in [6, 6.07) is 11.4. The van der Waals surface area contributed by atoms with E-state index in [1.165, 1.54) is 11.8 Å². The van der Waals surface area contributed by atoms with E-state index >= 15 is 0 Å². The van der Waals surface area contributed by atoms with Crippen LogP contribution in [0.4, 0.5) is 0 Å². The van der Waals surface area contributed by atoms with E-state index in [9.17, 15) is 4.79 Å². The molecular weight excluding hydrogens is 286 g/mol. The van der Waals surface area contributed by atoms with Gasteiger partial charge in [0.25, 0.3) is 0 Å². The average molecular weight is 299 g/mol. The van der Waals surface area contributed by atoms with Gasteiger partial charge in [-0.15, -0.1) is 10.2 Å². The van der Waals surface area contributed by atoms with E-state index in [-0.39, 0.29) is 17.2 Å². The lowest BCUT2D eigenvalue weighted by Gasteiger charge is -2.08. The molecular formula is C14H13N5OS. The molecule has 0 aliphatic rings. The van der Waals surface area contributed by atoms with Crippen molar-refractivity contribution in [1.82, 2.24) is 14.8 Å². The van der Waals surface area contributed by atoms with Crippen molar-refractivity contribution in [1.29, 1.82) is 5.26 Å². The SMILES string of the molecule is C=C(N)[C@H](C#N)C(=O)CSc1nncn1-c1ccccc1. The number of rotatable bonds is 6.